The number of thiophene rings is 1. The van der Waals surface area contributed by atoms with Gasteiger partial charge in [0.1, 0.15) is 9.77 Å². The first-order chi connectivity index (χ1) is 8.12. The molecule has 1 aromatic heterocycles. The summed E-state index contributed by atoms with van der Waals surface area (Å²) in [5, 5.41) is 4.78. The third-order valence-electron chi connectivity index (χ3n) is 3.16. The fourth-order valence-electron chi connectivity index (χ4n) is 2.37. The number of hydrogen-bond acceptors (Lipinski definition) is 5. The van der Waals surface area contributed by atoms with E-state index in [9.17, 15) is 13.2 Å². The fraction of sp³-hybridized carbons (Fsp3) is 0.500. The molecule has 1 amide bonds. The molecule has 1 fully saturated rings. The fourth-order valence-corrected chi connectivity index (χ4v) is 5.35. The van der Waals surface area contributed by atoms with E-state index in [1.807, 2.05) is 0 Å². The number of fused-ring (bicyclic) bond motifs is 1. The Labute approximate surface area is 103 Å². The van der Waals surface area contributed by atoms with Gasteiger partial charge in [0, 0.05) is 6.54 Å². The molecule has 3 rings (SSSR count). The van der Waals surface area contributed by atoms with Crippen LogP contribution in [0.1, 0.15) is 22.5 Å². The standard InChI is InChI=1S/C10H12N2O3S2/c13-10-9-8(3-5-16-9)17(14,15)12(10)7-2-1-4-11-6-7/h3,5,7,11H,1-2,4,6H2. The minimum Gasteiger partial charge on any atom is -0.315 e. The Morgan fingerprint density at radius 3 is 2.94 bits per heavy atom. The van der Waals surface area contributed by atoms with E-state index in [1.165, 1.54) is 17.4 Å². The van der Waals surface area contributed by atoms with E-state index in [-0.39, 0.29) is 16.8 Å². The molecule has 1 saturated heterocycles. The van der Waals surface area contributed by atoms with Crippen molar-refractivity contribution in [1.82, 2.24) is 9.62 Å². The van der Waals surface area contributed by atoms with Gasteiger partial charge in [-0.05, 0) is 30.8 Å². The van der Waals surface area contributed by atoms with Crippen LogP contribution >= 0.6 is 11.3 Å². The largest absolute Gasteiger partial charge is 0.315 e. The molecule has 7 heteroatoms. The molecule has 17 heavy (non-hydrogen) atoms. The van der Waals surface area contributed by atoms with Crippen LogP contribution in [-0.4, -0.2) is 37.8 Å². The lowest BCUT2D eigenvalue weighted by atomic mass is 10.1. The summed E-state index contributed by atoms with van der Waals surface area (Å²) in [6.07, 6.45) is 1.64. The summed E-state index contributed by atoms with van der Waals surface area (Å²) in [7, 11) is -3.60. The lowest BCUT2D eigenvalue weighted by Gasteiger charge is -2.30. The van der Waals surface area contributed by atoms with Crippen LogP contribution in [0.2, 0.25) is 0 Å². The van der Waals surface area contributed by atoms with Crippen molar-refractivity contribution in [3.8, 4) is 0 Å². The zero-order chi connectivity index (χ0) is 12.0. The molecule has 2 aliphatic rings. The van der Waals surface area contributed by atoms with Crippen molar-refractivity contribution in [3.63, 3.8) is 0 Å². The first kappa shape index (κ1) is 11.2. The number of piperidine rings is 1. The van der Waals surface area contributed by atoms with Gasteiger partial charge in [0.15, 0.2) is 0 Å². The quantitative estimate of drug-likeness (QED) is 0.815. The summed E-state index contributed by atoms with van der Waals surface area (Å²) in [4.78, 5) is 12.6. The maximum atomic E-state index is 12.2. The molecule has 0 bridgehead atoms. The Balaban J connectivity index is 2.02. The molecular formula is C10H12N2O3S2. The van der Waals surface area contributed by atoms with E-state index >= 15 is 0 Å². The predicted octanol–water partition coefficient (Wildman–Crippen LogP) is 0.645. The van der Waals surface area contributed by atoms with Crippen molar-refractivity contribution < 1.29 is 13.2 Å². The van der Waals surface area contributed by atoms with Crippen molar-refractivity contribution in [1.29, 1.82) is 0 Å². The van der Waals surface area contributed by atoms with Crippen molar-refractivity contribution >= 4 is 27.3 Å². The number of rotatable bonds is 1. The van der Waals surface area contributed by atoms with Gasteiger partial charge in [-0.1, -0.05) is 0 Å². The topological polar surface area (TPSA) is 66.5 Å². The second-order valence-corrected chi connectivity index (χ2v) is 6.92. The van der Waals surface area contributed by atoms with Crippen LogP contribution in [0.5, 0.6) is 0 Å². The molecule has 0 aromatic carbocycles. The zero-order valence-corrected chi connectivity index (χ0v) is 10.7. The van der Waals surface area contributed by atoms with Gasteiger partial charge in [-0.15, -0.1) is 11.3 Å². The zero-order valence-electron chi connectivity index (χ0n) is 9.05. The van der Waals surface area contributed by atoms with Crippen LogP contribution in [0.4, 0.5) is 0 Å². The molecule has 92 valence electrons. The third-order valence-corrected chi connectivity index (χ3v) is 6.07. The van der Waals surface area contributed by atoms with Gasteiger partial charge >= 0.3 is 0 Å². The van der Waals surface area contributed by atoms with Crippen LogP contribution in [0.3, 0.4) is 0 Å². The summed E-state index contributed by atoms with van der Waals surface area (Å²) in [5.41, 5.74) is 0. The number of sulfonamides is 1. The minimum atomic E-state index is -3.60. The molecular weight excluding hydrogens is 260 g/mol. The molecule has 0 radical (unpaired) electrons. The normalized spacial score (nSPS) is 27.2. The highest BCUT2D eigenvalue weighted by atomic mass is 32.2. The van der Waals surface area contributed by atoms with Crippen LogP contribution in [0, 0.1) is 0 Å². The van der Waals surface area contributed by atoms with Crippen molar-refractivity contribution in [2.24, 2.45) is 0 Å². The second-order valence-electron chi connectivity index (χ2n) is 4.22. The molecule has 0 spiro atoms. The first-order valence-corrected chi connectivity index (χ1v) is 7.81. The maximum Gasteiger partial charge on any atom is 0.279 e. The molecule has 1 N–H and O–H groups in total. The van der Waals surface area contributed by atoms with Gasteiger partial charge in [0.05, 0.1) is 6.04 Å². The third kappa shape index (κ3) is 1.53. The number of carbonyl (C=O) groups excluding carboxylic acids is 1. The summed E-state index contributed by atoms with van der Waals surface area (Å²) in [6, 6.07) is 1.28. The van der Waals surface area contributed by atoms with E-state index < -0.39 is 10.0 Å². The van der Waals surface area contributed by atoms with Crippen LogP contribution in [0.15, 0.2) is 16.3 Å². The van der Waals surface area contributed by atoms with E-state index in [4.69, 9.17) is 0 Å². The average molecular weight is 272 g/mol. The SMILES string of the molecule is O=C1c2sccc2S(=O)(=O)N1C1CCCNC1. The number of nitrogens with one attached hydrogen (secondary N) is 1. The Hall–Kier alpha value is -0.920. The summed E-state index contributed by atoms with van der Waals surface area (Å²) < 4.78 is 25.5. The Morgan fingerprint density at radius 1 is 1.47 bits per heavy atom. The highest BCUT2D eigenvalue weighted by molar-refractivity contribution is 7.90. The van der Waals surface area contributed by atoms with Gasteiger partial charge in [0.2, 0.25) is 0 Å². The highest BCUT2D eigenvalue weighted by Gasteiger charge is 2.46. The van der Waals surface area contributed by atoms with Crippen LogP contribution in [0.25, 0.3) is 0 Å². The number of nitrogens with zero attached hydrogens (tertiary/aromatic N) is 1. The number of carbonyl (C=O) groups is 1. The average Bonchev–Trinajstić information content (AvgIpc) is 2.85. The predicted molar refractivity (Wildman–Crippen MR) is 63.6 cm³/mol. The highest BCUT2D eigenvalue weighted by Crippen LogP contribution is 2.36. The minimum absolute atomic E-state index is 0.179. The van der Waals surface area contributed by atoms with Crippen molar-refractivity contribution in [2.45, 2.75) is 23.8 Å². The summed E-state index contributed by atoms with van der Waals surface area (Å²) in [5.74, 6) is -0.358. The smallest absolute Gasteiger partial charge is 0.279 e. The van der Waals surface area contributed by atoms with Gasteiger partial charge < -0.3 is 5.32 Å². The van der Waals surface area contributed by atoms with Crippen LogP contribution in [-0.2, 0) is 10.0 Å². The maximum absolute atomic E-state index is 12.2. The second kappa shape index (κ2) is 3.79. The van der Waals surface area contributed by atoms with Crippen molar-refractivity contribution in [3.05, 3.63) is 16.3 Å². The molecule has 0 saturated carbocycles. The van der Waals surface area contributed by atoms with Crippen molar-refractivity contribution in [2.75, 3.05) is 13.1 Å². The van der Waals surface area contributed by atoms with Gasteiger partial charge in [0.25, 0.3) is 15.9 Å². The Morgan fingerprint density at radius 2 is 2.29 bits per heavy atom. The van der Waals surface area contributed by atoms with E-state index in [2.05, 4.69) is 5.32 Å². The molecule has 2 aliphatic heterocycles. The van der Waals surface area contributed by atoms with Gasteiger partial charge in [-0.3, -0.25) is 4.79 Å². The molecule has 3 heterocycles. The number of hydrogen-bond donors (Lipinski definition) is 1. The molecule has 1 atom stereocenters. The van der Waals surface area contributed by atoms with Gasteiger partial charge in [-0.2, -0.15) is 0 Å². The van der Waals surface area contributed by atoms with Crippen LogP contribution < -0.4 is 5.32 Å². The molecule has 5 nitrogen and oxygen atoms in total. The van der Waals surface area contributed by atoms with E-state index in [0.717, 1.165) is 23.7 Å². The molecule has 0 aliphatic carbocycles. The summed E-state index contributed by atoms with van der Waals surface area (Å²) >= 11 is 1.20. The lowest BCUT2D eigenvalue weighted by Crippen LogP contribution is -2.48. The van der Waals surface area contributed by atoms with Gasteiger partial charge in [-0.25, -0.2) is 12.7 Å². The van der Waals surface area contributed by atoms with E-state index in [1.54, 1.807) is 5.38 Å². The van der Waals surface area contributed by atoms with E-state index in [0.29, 0.717) is 11.4 Å². The first-order valence-electron chi connectivity index (χ1n) is 5.49. The molecule has 1 aromatic rings. The monoisotopic (exact) mass is 272 g/mol. The molecule has 1 unspecified atom stereocenters. The Bertz CT molecular complexity index is 558. The Kier molecular flexibility index (Phi) is 2.49. The number of amides is 1. The summed E-state index contributed by atoms with van der Waals surface area (Å²) in [6.45, 7) is 1.44. The lowest BCUT2D eigenvalue weighted by molar-refractivity contribution is 0.0822.